The number of nitrogens with one attached hydrogen (secondary N) is 2. The highest BCUT2D eigenvalue weighted by Crippen LogP contribution is 2.21. The molecule has 0 aliphatic carbocycles. The zero-order valence-electron chi connectivity index (χ0n) is 18.2. The predicted molar refractivity (Wildman–Crippen MR) is 130 cm³/mol. The summed E-state index contributed by atoms with van der Waals surface area (Å²) in [5.74, 6) is -0.0526. The van der Waals surface area contributed by atoms with Gasteiger partial charge in [-0.05, 0) is 48.7 Å². The molecule has 6 heteroatoms. The molecule has 0 spiro atoms. The Labute approximate surface area is 192 Å². The van der Waals surface area contributed by atoms with Crippen LogP contribution in [0.25, 0.3) is 0 Å². The topological polar surface area (TPSA) is 66.9 Å². The van der Waals surface area contributed by atoms with Gasteiger partial charge in [0.25, 0.3) is 0 Å². The number of amides is 1. The molecule has 162 valence electrons. The van der Waals surface area contributed by atoms with Crippen LogP contribution in [0, 0.1) is 13.8 Å². The number of aryl methyl sites for hydroxylation is 2. The van der Waals surface area contributed by atoms with Gasteiger partial charge in [-0.1, -0.05) is 48.5 Å². The van der Waals surface area contributed by atoms with Gasteiger partial charge in [0.15, 0.2) is 0 Å². The number of nitrogens with zero attached hydrogens (tertiary/aromatic N) is 2. The van der Waals surface area contributed by atoms with Gasteiger partial charge in [0.2, 0.25) is 5.91 Å². The molecular formula is C26H26N4OS. The summed E-state index contributed by atoms with van der Waals surface area (Å²) in [6.45, 7) is 4.60. The molecule has 0 bridgehead atoms. The van der Waals surface area contributed by atoms with Crippen molar-refractivity contribution in [3.8, 4) is 0 Å². The summed E-state index contributed by atoms with van der Waals surface area (Å²) in [6.07, 6.45) is 2.07. The Balaban J connectivity index is 1.40. The molecule has 5 nitrogen and oxygen atoms in total. The van der Waals surface area contributed by atoms with Crippen LogP contribution in [-0.2, 0) is 17.8 Å². The van der Waals surface area contributed by atoms with E-state index in [1.165, 1.54) is 11.3 Å². The summed E-state index contributed by atoms with van der Waals surface area (Å²) in [6, 6.07) is 22.2. The third-order valence-electron chi connectivity index (χ3n) is 5.18. The maximum absolute atomic E-state index is 12.5. The Morgan fingerprint density at radius 3 is 2.62 bits per heavy atom. The zero-order valence-corrected chi connectivity index (χ0v) is 19.0. The van der Waals surface area contributed by atoms with Crippen LogP contribution < -0.4 is 10.6 Å². The fourth-order valence-electron chi connectivity index (χ4n) is 3.51. The average molecular weight is 443 g/mol. The van der Waals surface area contributed by atoms with Crippen LogP contribution in [0.15, 0.2) is 78.3 Å². The molecule has 0 fully saturated rings. The van der Waals surface area contributed by atoms with Crippen LogP contribution in [0.3, 0.4) is 0 Å². The molecule has 4 aromatic rings. The molecule has 0 saturated carbocycles. The van der Waals surface area contributed by atoms with Gasteiger partial charge in [0.1, 0.15) is 5.01 Å². The largest absolute Gasteiger partial charge is 0.325 e. The monoisotopic (exact) mass is 442 g/mol. The van der Waals surface area contributed by atoms with Crippen molar-refractivity contribution in [2.24, 2.45) is 0 Å². The highest BCUT2D eigenvalue weighted by molar-refractivity contribution is 7.09. The highest BCUT2D eigenvalue weighted by atomic mass is 32.1. The first-order valence-corrected chi connectivity index (χ1v) is 11.5. The number of carbonyl (C=O) groups excluding carboxylic acids is 1. The van der Waals surface area contributed by atoms with Gasteiger partial charge in [-0.2, -0.15) is 0 Å². The van der Waals surface area contributed by atoms with Gasteiger partial charge in [0, 0.05) is 23.8 Å². The molecule has 2 aromatic carbocycles. The van der Waals surface area contributed by atoms with E-state index < -0.39 is 0 Å². The third-order valence-corrected chi connectivity index (χ3v) is 6.08. The van der Waals surface area contributed by atoms with Gasteiger partial charge in [0.05, 0.1) is 23.9 Å². The van der Waals surface area contributed by atoms with E-state index >= 15 is 0 Å². The maximum atomic E-state index is 12.5. The first kappa shape index (κ1) is 21.9. The normalized spacial score (nSPS) is 11.8. The highest BCUT2D eigenvalue weighted by Gasteiger charge is 2.16. The minimum absolute atomic E-state index is 0.0323. The molecule has 0 aliphatic heterocycles. The first-order chi connectivity index (χ1) is 15.6. The predicted octanol–water partition coefficient (Wildman–Crippen LogP) is 5.22. The molecule has 0 saturated heterocycles. The standard InChI is InChI=1S/C26H26N4OS/c1-18-11-12-19(2)23(14-18)30-24(31)15-25-29-21(17-32-25)16-28-26(20-8-4-3-5-9-20)22-10-6-7-13-27-22/h3-14,17,26,28H,15-16H2,1-2H3,(H,30,31). The van der Waals surface area contributed by atoms with E-state index in [-0.39, 0.29) is 18.4 Å². The molecule has 1 unspecified atom stereocenters. The number of benzene rings is 2. The second-order valence-electron chi connectivity index (χ2n) is 7.76. The van der Waals surface area contributed by atoms with E-state index in [1.54, 1.807) is 0 Å². The molecule has 0 aliphatic rings. The molecule has 2 aromatic heterocycles. The van der Waals surface area contributed by atoms with Crippen molar-refractivity contribution >= 4 is 22.9 Å². The van der Waals surface area contributed by atoms with Gasteiger partial charge in [-0.25, -0.2) is 4.98 Å². The number of hydrogen-bond acceptors (Lipinski definition) is 5. The van der Waals surface area contributed by atoms with Crippen LogP contribution in [0.1, 0.15) is 39.1 Å². The molecular weight excluding hydrogens is 416 g/mol. The van der Waals surface area contributed by atoms with E-state index in [4.69, 9.17) is 0 Å². The minimum Gasteiger partial charge on any atom is -0.325 e. The first-order valence-electron chi connectivity index (χ1n) is 10.6. The summed E-state index contributed by atoms with van der Waals surface area (Å²) in [5.41, 5.74) is 6.05. The van der Waals surface area contributed by atoms with E-state index in [2.05, 4.69) is 32.7 Å². The maximum Gasteiger partial charge on any atom is 0.231 e. The second-order valence-corrected chi connectivity index (χ2v) is 8.70. The molecule has 0 radical (unpaired) electrons. The number of pyridine rings is 1. The van der Waals surface area contributed by atoms with Crippen LogP contribution in [0.2, 0.25) is 0 Å². The lowest BCUT2D eigenvalue weighted by molar-refractivity contribution is -0.115. The van der Waals surface area contributed by atoms with Crippen molar-refractivity contribution < 1.29 is 4.79 Å². The Morgan fingerprint density at radius 1 is 1.03 bits per heavy atom. The average Bonchev–Trinajstić information content (AvgIpc) is 3.25. The second kappa shape index (κ2) is 10.3. The fourth-order valence-corrected chi connectivity index (χ4v) is 4.30. The quantitative estimate of drug-likeness (QED) is 0.393. The van der Waals surface area contributed by atoms with Crippen molar-refractivity contribution in [2.45, 2.75) is 32.9 Å². The molecule has 2 heterocycles. The van der Waals surface area contributed by atoms with Crippen LogP contribution in [0.5, 0.6) is 0 Å². The van der Waals surface area contributed by atoms with Crippen molar-refractivity contribution in [2.75, 3.05) is 5.32 Å². The number of rotatable bonds is 8. The lowest BCUT2D eigenvalue weighted by atomic mass is 10.0. The Hall–Kier alpha value is -3.35. The summed E-state index contributed by atoms with van der Waals surface area (Å²) in [4.78, 5) is 21.7. The van der Waals surface area contributed by atoms with Crippen LogP contribution in [-0.4, -0.2) is 15.9 Å². The number of thiazole rings is 1. The van der Waals surface area contributed by atoms with Crippen molar-refractivity contribution in [1.82, 2.24) is 15.3 Å². The molecule has 1 amide bonds. The molecule has 1 atom stereocenters. The summed E-state index contributed by atoms with van der Waals surface area (Å²) in [7, 11) is 0. The van der Waals surface area contributed by atoms with Gasteiger partial charge >= 0.3 is 0 Å². The molecule has 32 heavy (non-hydrogen) atoms. The van der Waals surface area contributed by atoms with Crippen molar-refractivity contribution in [1.29, 1.82) is 0 Å². The van der Waals surface area contributed by atoms with Crippen molar-refractivity contribution in [3.05, 3.63) is 111 Å². The summed E-state index contributed by atoms with van der Waals surface area (Å²) >= 11 is 1.51. The Kier molecular flexibility index (Phi) is 7.04. The fraction of sp³-hybridized carbons (Fsp3) is 0.192. The number of hydrogen-bond donors (Lipinski definition) is 2. The lowest BCUT2D eigenvalue weighted by Gasteiger charge is -2.18. The van der Waals surface area contributed by atoms with E-state index in [0.717, 1.165) is 38.8 Å². The molecule has 4 rings (SSSR count). The van der Waals surface area contributed by atoms with Crippen LogP contribution in [0.4, 0.5) is 5.69 Å². The molecule has 2 N–H and O–H groups in total. The van der Waals surface area contributed by atoms with Gasteiger partial charge < -0.3 is 5.32 Å². The Bertz CT molecular complexity index is 1140. The third kappa shape index (κ3) is 5.66. The smallest absolute Gasteiger partial charge is 0.231 e. The van der Waals surface area contributed by atoms with Crippen molar-refractivity contribution in [3.63, 3.8) is 0 Å². The van der Waals surface area contributed by atoms with E-state index in [0.29, 0.717) is 6.54 Å². The zero-order chi connectivity index (χ0) is 22.3. The Morgan fingerprint density at radius 2 is 1.84 bits per heavy atom. The SMILES string of the molecule is Cc1ccc(C)c(NC(=O)Cc2nc(CNC(c3ccccc3)c3ccccn3)cs2)c1. The number of aromatic nitrogens is 2. The van der Waals surface area contributed by atoms with E-state index in [9.17, 15) is 4.79 Å². The van der Waals surface area contributed by atoms with Gasteiger partial charge in [-0.3, -0.25) is 15.1 Å². The summed E-state index contributed by atoms with van der Waals surface area (Å²) < 4.78 is 0. The van der Waals surface area contributed by atoms with E-state index in [1.807, 2.05) is 80.0 Å². The van der Waals surface area contributed by atoms with Gasteiger partial charge in [-0.15, -0.1) is 11.3 Å². The number of carbonyl (C=O) groups is 1. The minimum atomic E-state index is -0.0526. The number of anilines is 1. The van der Waals surface area contributed by atoms with Crippen LogP contribution >= 0.6 is 11.3 Å². The summed E-state index contributed by atoms with van der Waals surface area (Å²) in [5, 5.41) is 9.39. The lowest BCUT2D eigenvalue weighted by Crippen LogP contribution is -2.23.